The van der Waals surface area contributed by atoms with E-state index in [-0.39, 0.29) is 17.9 Å². The largest absolute Gasteiger partial charge is 0.419 e. The predicted octanol–water partition coefficient (Wildman–Crippen LogP) is 3.01. The number of carbonyl (C=O) groups is 1. The maximum atomic E-state index is 10.8. The van der Waals surface area contributed by atoms with Gasteiger partial charge in [-0.3, -0.25) is 10.1 Å². The first kappa shape index (κ1) is 13.4. The highest BCUT2D eigenvalue weighted by Crippen LogP contribution is 2.28. The maximum Gasteiger partial charge on any atom is 0.406 e. The Kier molecular flexibility index (Phi) is 4.86. The molecule has 6 nitrogen and oxygen atoms in total. The molecule has 0 spiro atoms. The van der Waals surface area contributed by atoms with Crippen molar-refractivity contribution in [3.63, 3.8) is 0 Å². The first-order chi connectivity index (χ1) is 8.06. The molecular weight excluding hydrogens is 250 g/mol. The molecule has 0 bridgehead atoms. The van der Waals surface area contributed by atoms with E-state index < -0.39 is 16.6 Å². The van der Waals surface area contributed by atoms with E-state index in [0.717, 1.165) is 0 Å². The van der Waals surface area contributed by atoms with Gasteiger partial charge >= 0.3 is 5.43 Å². The molecule has 17 heavy (non-hydrogen) atoms. The number of halogens is 1. The Hall–Kier alpha value is -1.66. The fraction of sp³-hybridized carbons (Fsp3) is 0.300. The molecule has 1 atom stereocenters. The molecule has 0 heterocycles. The number of nitrogens with zero attached hydrogens (tertiary/aromatic N) is 1. The molecule has 0 fully saturated rings. The lowest BCUT2D eigenvalue weighted by molar-refractivity contribution is -0.386. The van der Waals surface area contributed by atoms with Gasteiger partial charge in [-0.05, 0) is 13.0 Å². The molecule has 0 aliphatic carbocycles. The molecule has 0 saturated carbocycles. The summed E-state index contributed by atoms with van der Waals surface area (Å²) in [5.41, 5.74) is -1.13. The normalized spacial score (nSPS) is 11.9. The molecule has 0 aromatic heterocycles. The van der Waals surface area contributed by atoms with Crippen LogP contribution in [0.1, 0.15) is 18.8 Å². The van der Waals surface area contributed by atoms with Crippen LogP contribution in [-0.4, -0.2) is 17.0 Å². The molecule has 0 amide bonds. The lowest BCUT2D eigenvalue weighted by atomic mass is 10.2. The van der Waals surface area contributed by atoms with Gasteiger partial charge < -0.3 is 9.47 Å². The fourth-order valence-corrected chi connectivity index (χ4v) is 1.36. The number of ether oxygens (including phenoxy) is 2. The van der Waals surface area contributed by atoms with Crippen molar-refractivity contribution in [3.05, 3.63) is 39.9 Å². The zero-order chi connectivity index (χ0) is 12.8. The minimum Gasteiger partial charge on any atom is -0.419 e. The van der Waals surface area contributed by atoms with Gasteiger partial charge in [0.25, 0.3) is 5.69 Å². The first-order valence-electron chi connectivity index (χ1n) is 4.77. The Labute approximate surface area is 102 Å². The van der Waals surface area contributed by atoms with Crippen molar-refractivity contribution in [2.75, 3.05) is 6.61 Å². The maximum absolute atomic E-state index is 10.8. The molecule has 0 radical (unpaired) electrons. The van der Waals surface area contributed by atoms with Crippen LogP contribution < -0.4 is 0 Å². The number of benzene rings is 1. The molecule has 1 aromatic rings. The van der Waals surface area contributed by atoms with E-state index in [2.05, 4.69) is 4.74 Å². The molecule has 0 N–H and O–H groups in total. The van der Waals surface area contributed by atoms with Crippen molar-refractivity contribution in [3.8, 4) is 0 Å². The first-order valence-corrected chi connectivity index (χ1v) is 5.15. The predicted molar refractivity (Wildman–Crippen MR) is 59.8 cm³/mol. The van der Waals surface area contributed by atoms with Crippen LogP contribution in [0.2, 0.25) is 0 Å². The van der Waals surface area contributed by atoms with Gasteiger partial charge in [0.15, 0.2) is 0 Å². The third-order valence-corrected chi connectivity index (χ3v) is 1.99. The Morgan fingerprint density at radius 3 is 2.71 bits per heavy atom. The van der Waals surface area contributed by atoms with Crippen LogP contribution in [0.4, 0.5) is 10.5 Å². The van der Waals surface area contributed by atoms with Crippen LogP contribution in [-0.2, 0) is 9.47 Å². The van der Waals surface area contributed by atoms with Crippen molar-refractivity contribution in [2.24, 2.45) is 0 Å². The second kappa shape index (κ2) is 6.17. The molecule has 1 aromatic carbocycles. The van der Waals surface area contributed by atoms with Gasteiger partial charge in [-0.15, -0.1) is 0 Å². The minimum atomic E-state index is -1.17. The Morgan fingerprint density at radius 1 is 1.53 bits per heavy atom. The van der Waals surface area contributed by atoms with Gasteiger partial charge in [-0.1, -0.05) is 12.1 Å². The number of rotatable bonds is 5. The second-order valence-corrected chi connectivity index (χ2v) is 3.27. The van der Waals surface area contributed by atoms with Crippen molar-refractivity contribution < 1.29 is 19.2 Å². The summed E-state index contributed by atoms with van der Waals surface area (Å²) in [4.78, 5) is 20.9. The number of carbonyl (C=O) groups excluding carboxylic acids is 1. The number of nitro benzene ring substituents is 1. The zero-order valence-corrected chi connectivity index (χ0v) is 9.72. The molecule has 0 aliphatic rings. The minimum absolute atomic E-state index is 0.147. The Balaban J connectivity index is 3.08. The van der Waals surface area contributed by atoms with Gasteiger partial charge in [0, 0.05) is 24.3 Å². The molecule has 1 unspecified atom stereocenters. The van der Waals surface area contributed by atoms with E-state index in [1.165, 1.54) is 18.2 Å². The fourth-order valence-electron chi connectivity index (χ4n) is 1.28. The summed E-state index contributed by atoms with van der Waals surface area (Å²) in [6, 6.07) is 5.82. The molecule has 1 rings (SSSR count). The van der Waals surface area contributed by atoms with Crippen LogP contribution in [0.25, 0.3) is 0 Å². The van der Waals surface area contributed by atoms with Crippen molar-refractivity contribution in [2.45, 2.75) is 13.2 Å². The number of hydrogen-bond donors (Lipinski definition) is 0. The summed E-state index contributed by atoms with van der Waals surface area (Å²) in [6.07, 6.45) is -1.17. The lowest BCUT2D eigenvalue weighted by Crippen LogP contribution is -2.12. The van der Waals surface area contributed by atoms with E-state index in [9.17, 15) is 14.9 Å². The number of para-hydroxylation sites is 1. The summed E-state index contributed by atoms with van der Waals surface area (Å²) in [5, 5.41) is 10.8. The van der Waals surface area contributed by atoms with E-state index in [1.54, 1.807) is 13.0 Å². The lowest BCUT2D eigenvalue weighted by Gasteiger charge is -2.15. The smallest absolute Gasteiger partial charge is 0.406 e. The van der Waals surface area contributed by atoms with Crippen molar-refractivity contribution >= 4 is 22.7 Å². The van der Waals surface area contributed by atoms with Crippen LogP contribution in [0.15, 0.2) is 24.3 Å². The SMILES string of the molecule is CCOC(OC(=O)Cl)c1ccccc1[N+](=O)[O-]. The molecule has 0 aliphatic heterocycles. The summed E-state index contributed by atoms with van der Waals surface area (Å²) < 4.78 is 9.77. The number of nitro groups is 1. The highest BCUT2D eigenvalue weighted by molar-refractivity contribution is 6.61. The van der Waals surface area contributed by atoms with Gasteiger partial charge in [-0.25, -0.2) is 4.79 Å². The van der Waals surface area contributed by atoms with E-state index in [0.29, 0.717) is 0 Å². The molecule has 7 heteroatoms. The summed E-state index contributed by atoms with van der Waals surface area (Å²) >= 11 is 5.08. The van der Waals surface area contributed by atoms with Gasteiger partial charge in [0.05, 0.1) is 10.5 Å². The Morgan fingerprint density at radius 2 is 2.18 bits per heavy atom. The van der Waals surface area contributed by atoms with Crippen LogP contribution >= 0.6 is 11.6 Å². The topological polar surface area (TPSA) is 78.7 Å². The summed E-state index contributed by atoms with van der Waals surface area (Å²) in [6.45, 7) is 1.89. The highest BCUT2D eigenvalue weighted by atomic mass is 35.5. The monoisotopic (exact) mass is 259 g/mol. The molecule has 0 saturated heterocycles. The zero-order valence-electron chi connectivity index (χ0n) is 8.96. The number of hydrogen-bond acceptors (Lipinski definition) is 5. The van der Waals surface area contributed by atoms with E-state index in [4.69, 9.17) is 16.3 Å². The highest BCUT2D eigenvalue weighted by Gasteiger charge is 2.24. The molecule has 92 valence electrons. The third-order valence-electron chi connectivity index (χ3n) is 1.91. The van der Waals surface area contributed by atoms with Crippen LogP contribution in [0.3, 0.4) is 0 Å². The quantitative estimate of drug-likeness (QED) is 0.351. The standard InChI is InChI=1S/C10H10ClNO5/c1-2-16-9(17-10(11)13)7-5-3-4-6-8(7)12(14)15/h3-6,9H,2H2,1H3. The molecular formula is C10H10ClNO5. The average molecular weight is 260 g/mol. The average Bonchev–Trinajstić information content (AvgIpc) is 2.28. The van der Waals surface area contributed by atoms with Gasteiger partial charge in [-0.2, -0.15) is 0 Å². The summed E-state index contributed by atoms with van der Waals surface area (Å²) in [5.74, 6) is 0. The third kappa shape index (κ3) is 3.69. The Bertz CT molecular complexity index is 423. The van der Waals surface area contributed by atoms with Crippen LogP contribution in [0, 0.1) is 10.1 Å². The summed E-state index contributed by atoms with van der Waals surface area (Å²) in [7, 11) is 0. The van der Waals surface area contributed by atoms with Gasteiger partial charge in [0.1, 0.15) is 0 Å². The van der Waals surface area contributed by atoms with E-state index in [1.807, 2.05) is 0 Å². The van der Waals surface area contributed by atoms with Crippen molar-refractivity contribution in [1.82, 2.24) is 0 Å². The van der Waals surface area contributed by atoms with Crippen molar-refractivity contribution in [1.29, 1.82) is 0 Å². The second-order valence-electron chi connectivity index (χ2n) is 2.96. The van der Waals surface area contributed by atoms with E-state index >= 15 is 0 Å². The van der Waals surface area contributed by atoms with Gasteiger partial charge in [0.2, 0.25) is 6.29 Å². The van der Waals surface area contributed by atoms with Crippen LogP contribution in [0.5, 0.6) is 0 Å².